The van der Waals surface area contributed by atoms with Crippen LogP contribution in [0.1, 0.15) is 24.8 Å². The highest BCUT2D eigenvalue weighted by Gasteiger charge is 2.46. The van der Waals surface area contributed by atoms with Gasteiger partial charge in [-0.2, -0.15) is 0 Å². The Balaban J connectivity index is 1.89. The van der Waals surface area contributed by atoms with Gasteiger partial charge in [-0.05, 0) is 30.5 Å². The summed E-state index contributed by atoms with van der Waals surface area (Å²) in [5.74, 6) is -1.18. The largest absolute Gasteiger partial charge is 0.481 e. The third-order valence-electron chi connectivity index (χ3n) is 4.47. The molecule has 0 bridgehead atoms. The first-order chi connectivity index (χ1) is 9.63. The van der Waals surface area contributed by atoms with Crippen LogP contribution >= 0.6 is 0 Å². The van der Waals surface area contributed by atoms with E-state index in [1.165, 1.54) is 6.07 Å². The van der Waals surface area contributed by atoms with E-state index in [1.54, 1.807) is 12.1 Å². The Morgan fingerprint density at radius 1 is 1.30 bits per heavy atom. The summed E-state index contributed by atoms with van der Waals surface area (Å²) in [7, 11) is 0. The van der Waals surface area contributed by atoms with Crippen LogP contribution in [-0.4, -0.2) is 37.4 Å². The third kappa shape index (κ3) is 2.06. The lowest BCUT2D eigenvalue weighted by Gasteiger charge is -2.38. The van der Waals surface area contributed by atoms with E-state index in [9.17, 15) is 14.3 Å². The van der Waals surface area contributed by atoms with Gasteiger partial charge in [0.05, 0.1) is 24.3 Å². The Morgan fingerprint density at radius 3 is 2.50 bits per heavy atom. The van der Waals surface area contributed by atoms with Gasteiger partial charge in [-0.1, -0.05) is 12.5 Å². The molecule has 2 aliphatic rings. The molecule has 0 aromatic heterocycles. The number of hydrogen-bond donors (Lipinski definition) is 1. The molecular formula is C15H18FNO3. The molecule has 4 nitrogen and oxygen atoms in total. The monoisotopic (exact) mass is 279 g/mol. The number of carboxylic acids is 1. The number of morpholine rings is 1. The average molecular weight is 279 g/mol. The minimum atomic E-state index is -0.871. The second-order valence-electron chi connectivity index (χ2n) is 5.51. The number of aliphatic carboxylic acids is 1. The zero-order valence-electron chi connectivity index (χ0n) is 11.3. The number of nitrogens with zero attached hydrogens (tertiary/aromatic N) is 1. The smallest absolute Gasteiger partial charge is 0.314 e. The summed E-state index contributed by atoms with van der Waals surface area (Å²) in [5, 5.41) is 9.40. The molecule has 5 heteroatoms. The molecule has 0 amide bonds. The van der Waals surface area contributed by atoms with E-state index in [0.29, 0.717) is 50.4 Å². The van der Waals surface area contributed by atoms with Crippen molar-refractivity contribution in [3.05, 3.63) is 29.6 Å². The maximum atomic E-state index is 14.3. The maximum Gasteiger partial charge on any atom is 0.314 e. The van der Waals surface area contributed by atoms with Crippen molar-refractivity contribution in [1.29, 1.82) is 0 Å². The molecule has 1 saturated heterocycles. The van der Waals surface area contributed by atoms with Gasteiger partial charge in [0.25, 0.3) is 0 Å². The van der Waals surface area contributed by atoms with Crippen molar-refractivity contribution in [2.75, 3.05) is 31.2 Å². The number of carbonyl (C=O) groups is 1. The van der Waals surface area contributed by atoms with Gasteiger partial charge >= 0.3 is 5.97 Å². The Morgan fingerprint density at radius 2 is 2.00 bits per heavy atom. The molecule has 0 radical (unpaired) electrons. The molecule has 1 heterocycles. The normalized spacial score (nSPS) is 21.4. The Hall–Kier alpha value is -1.62. The minimum Gasteiger partial charge on any atom is -0.481 e. The molecule has 2 fully saturated rings. The number of carboxylic acid groups (broad SMARTS) is 1. The van der Waals surface area contributed by atoms with Gasteiger partial charge < -0.3 is 14.7 Å². The molecular weight excluding hydrogens is 261 g/mol. The summed E-state index contributed by atoms with van der Waals surface area (Å²) in [5.41, 5.74) is 0.257. The zero-order valence-corrected chi connectivity index (χ0v) is 11.3. The highest BCUT2D eigenvalue weighted by atomic mass is 19.1. The molecule has 1 aliphatic carbocycles. The van der Waals surface area contributed by atoms with Gasteiger partial charge in [0.1, 0.15) is 5.82 Å². The van der Waals surface area contributed by atoms with Gasteiger partial charge in [0.2, 0.25) is 0 Å². The number of halogens is 1. The quantitative estimate of drug-likeness (QED) is 0.921. The number of benzene rings is 1. The highest BCUT2D eigenvalue weighted by Crippen LogP contribution is 2.44. The first-order valence-electron chi connectivity index (χ1n) is 7.00. The number of rotatable bonds is 3. The molecule has 1 aromatic rings. The van der Waals surface area contributed by atoms with E-state index < -0.39 is 11.4 Å². The summed E-state index contributed by atoms with van der Waals surface area (Å²) >= 11 is 0. The molecule has 0 spiro atoms. The number of hydrogen-bond acceptors (Lipinski definition) is 3. The second-order valence-corrected chi connectivity index (χ2v) is 5.51. The van der Waals surface area contributed by atoms with Crippen LogP contribution < -0.4 is 4.90 Å². The standard InChI is InChI=1S/C15H18FNO3/c16-12-10-11(15(14(18)19)4-1-5-15)2-3-13(12)17-6-8-20-9-7-17/h2-3,10H,1,4-9H2,(H,18,19). The predicted molar refractivity (Wildman–Crippen MR) is 72.6 cm³/mol. The Bertz CT molecular complexity index is 522. The molecule has 3 rings (SSSR count). The Labute approximate surface area is 117 Å². The first-order valence-corrected chi connectivity index (χ1v) is 7.00. The lowest BCUT2D eigenvalue weighted by molar-refractivity contribution is -0.147. The zero-order chi connectivity index (χ0) is 14.2. The van der Waals surface area contributed by atoms with Crippen LogP contribution in [0.15, 0.2) is 18.2 Å². The van der Waals surface area contributed by atoms with E-state index in [4.69, 9.17) is 4.74 Å². The topological polar surface area (TPSA) is 49.8 Å². The van der Waals surface area contributed by atoms with E-state index in [-0.39, 0.29) is 5.82 Å². The van der Waals surface area contributed by atoms with Crippen molar-refractivity contribution in [1.82, 2.24) is 0 Å². The van der Waals surface area contributed by atoms with Crippen molar-refractivity contribution < 1.29 is 19.0 Å². The fourth-order valence-electron chi connectivity index (χ4n) is 3.02. The van der Waals surface area contributed by atoms with E-state index >= 15 is 0 Å². The van der Waals surface area contributed by atoms with Crippen LogP contribution in [0.25, 0.3) is 0 Å². The van der Waals surface area contributed by atoms with Gasteiger partial charge in [-0.25, -0.2) is 4.39 Å². The molecule has 1 saturated carbocycles. The van der Waals surface area contributed by atoms with Crippen molar-refractivity contribution >= 4 is 11.7 Å². The van der Waals surface area contributed by atoms with Crippen LogP contribution in [0.2, 0.25) is 0 Å². The van der Waals surface area contributed by atoms with Crippen LogP contribution in [0, 0.1) is 5.82 Å². The lowest BCUT2D eigenvalue weighted by Crippen LogP contribution is -2.42. The average Bonchev–Trinajstić information content (AvgIpc) is 2.38. The SMILES string of the molecule is O=C(O)C1(c2ccc(N3CCOCC3)c(F)c2)CCC1. The molecule has 20 heavy (non-hydrogen) atoms. The van der Waals surface area contributed by atoms with Crippen LogP contribution in [0.4, 0.5) is 10.1 Å². The molecule has 108 valence electrons. The van der Waals surface area contributed by atoms with Gasteiger partial charge in [0, 0.05) is 13.1 Å². The van der Waals surface area contributed by atoms with Crippen LogP contribution in [0.5, 0.6) is 0 Å². The van der Waals surface area contributed by atoms with Crippen LogP contribution in [0.3, 0.4) is 0 Å². The molecule has 0 atom stereocenters. The summed E-state index contributed by atoms with van der Waals surface area (Å²) in [6, 6.07) is 4.87. The van der Waals surface area contributed by atoms with E-state index in [0.717, 1.165) is 6.42 Å². The molecule has 0 unspecified atom stereocenters. The third-order valence-corrected chi connectivity index (χ3v) is 4.47. The fraction of sp³-hybridized carbons (Fsp3) is 0.533. The van der Waals surface area contributed by atoms with Crippen molar-refractivity contribution in [3.8, 4) is 0 Å². The molecule has 1 N–H and O–H groups in total. The van der Waals surface area contributed by atoms with E-state index in [1.807, 2.05) is 4.90 Å². The fourth-order valence-corrected chi connectivity index (χ4v) is 3.02. The first kappa shape index (κ1) is 13.4. The maximum absolute atomic E-state index is 14.3. The number of anilines is 1. The molecule has 1 aliphatic heterocycles. The van der Waals surface area contributed by atoms with Crippen LogP contribution in [-0.2, 0) is 14.9 Å². The summed E-state index contributed by atoms with van der Waals surface area (Å²) in [6.07, 6.45) is 2.08. The number of ether oxygens (including phenoxy) is 1. The predicted octanol–water partition coefficient (Wildman–Crippen LogP) is 2.17. The van der Waals surface area contributed by atoms with E-state index in [2.05, 4.69) is 0 Å². The summed E-state index contributed by atoms with van der Waals surface area (Å²) < 4.78 is 19.6. The molecule has 1 aromatic carbocycles. The highest BCUT2D eigenvalue weighted by molar-refractivity contribution is 5.82. The van der Waals surface area contributed by atoms with Gasteiger partial charge in [0.15, 0.2) is 0 Å². The van der Waals surface area contributed by atoms with Crippen molar-refractivity contribution in [3.63, 3.8) is 0 Å². The second kappa shape index (κ2) is 5.05. The van der Waals surface area contributed by atoms with Gasteiger partial charge in [-0.15, -0.1) is 0 Å². The Kier molecular flexibility index (Phi) is 3.38. The van der Waals surface area contributed by atoms with Crippen molar-refractivity contribution in [2.45, 2.75) is 24.7 Å². The van der Waals surface area contributed by atoms with Crippen molar-refractivity contribution in [2.24, 2.45) is 0 Å². The van der Waals surface area contributed by atoms with Gasteiger partial charge in [-0.3, -0.25) is 4.79 Å². The lowest BCUT2D eigenvalue weighted by atomic mass is 9.64. The summed E-state index contributed by atoms with van der Waals surface area (Å²) in [4.78, 5) is 13.4. The minimum absolute atomic E-state index is 0.336. The summed E-state index contributed by atoms with van der Waals surface area (Å²) in [6.45, 7) is 2.53.